The van der Waals surface area contributed by atoms with E-state index in [0.717, 1.165) is 17.5 Å². The van der Waals surface area contributed by atoms with Crippen molar-refractivity contribution in [3.63, 3.8) is 0 Å². The van der Waals surface area contributed by atoms with E-state index in [1.54, 1.807) is 16.3 Å². The highest BCUT2D eigenvalue weighted by molar-refractivity contribution is 7.99. The van der Waals surface area contributed by atoms with Crippen molar-refractivity contribution in [2.45, 2.75) is 11.7 Å². The van der Waals surface area contributed by atoms with Crippen LogP contribution in [0.5, 0.6) is 0 Å². The van der Waals surface area contributed by atoms with Crippen LogP contribution in [0, 0.1) is 0 Å². The van der Waals surface area contributed by atoms with Gasteiger partial charge < -0.3 is 15.0 Å². The molecular formula is C7H9N3O2S. The summed E-state index contributed by atoms with van der Waals surface area (Å²) in [5.74, 6) is 0.778. The molecule has 1 aliphatic rings. The molecule has 0 amide bonds. The fourth-order valence-corrected chi connectivity index (χ4v) is 2.27. The SMILES string of the molecule is COC(=O)c1c(N)nc2n1CCS2. The normalized spacial score (nSPS) is 14.2. The molecule has 0 spiro atoms. The third kappa shape index (κ3) is 1.17. The van der Waals surface area contributed by atoms with Crippen molar-refractivity contribution in [3.8, 4) is 0 Å². The van der Waals surface area contributed by atoms with Gasteiger partial charge in [0, 0.05) is 12.3 Å². The van der Waals surface area contributed by atoms with E-state index in [1.807, 2.05) is 0 Å². The number of hydrogen-bond donors (Lipinski definition) is 1. The van der Waals surface area contributed by atoms with Crippen LogP contribution in [-0.2, 0) is 11.3 Å². The van der Waals surface area contributed by atoms with Gasteiger partial charge in [0.25, 0.3) is 0 Å². The topological polar surface area (TPSA) is 70.1 Å². The molecule has 0 aromatic carbocycles. The average molecular weight is 199 g/mol. The van der Waals surface area contributed by atoms with Crippen LogP contribution in [0.1, 0.15) is 10.5 Å². The van der Waals surface area contributed by atoms with Crippen molar-refractivity contribution in [1.29, 1.82) is 0 Å². The average Bonchev–Trinajstić information content (AvgIpc) is 2.62. The highest BCUT2D eigenvalue weighted by Gasteiger charge is 2.25. The number of fused-ring (bicyclic) bond motifs is 1. The molecule has 2 heterocycles. The minimum Gasteiger partial charge on any atom is -0.464 e. The summed E-state index contributed by atoms with van der Waals surface area (Å²) in [6, 6.07) is 0. The van der Waals surface area contributed by atoms with Crippen LogP contribution in [-0.4, -0.2) is 28.4 Å². The number of hydrogen-bond acceptors (Lipinski definition) is 5. The Balaban J connectivity index is 2.50. The Kier molecular flexibility index (Phi) is 1.91. The lowest BCUT2D eigenvalue weighted by molar-refractivity contribution is 0.0589. The third-order valence-electron chi connectivity index (χ3n) is 1.88. The smallest absolute Gasteiger partial charge is 0.358 e. The molecule has 0 radical (unpaired) electrons. The van der Waals surface area contributed by atoms with Gasteiger partial charge in [0.2, 0.25) is 0 Å². The standard InChI is InChI=1S/C7H9N3O2S/c1-12-6(11)4-5(8)9-7-10(4)2-3-13-7/h2-3,8H2,1H3. The Morgan fingerprint density at radius 1 is 1.77 bits per heavy atom. The predicted molar refractivity (Wildman–Crippen MR) is 48.7 cm³/mol. The maximum absolute atomic E-state index is 11.3. The van der Waals surface area contributed by atoms with Crippen LogP contribution in [0.15, 0.2) is 5.16 Å². The van der Waals surface area contributed by atoms with Crippen molar-refractivity contribution in [2.75, 3.05) is 18.6 Å². The van der Waals surface area contributed by atoms with E-state index in [1.165, 1.54) is 7.11 Å². The second kappa shape index (κ2) is 2.95. The molecule has 70 valence electrons. The number of imidazole rings is 1. The molecule has 6 heteroatoms. The Hall–Kier alpha value is -1.17. The van der Waals surface area contributed by atoms with Gasteiger partial charge in [-0.05, 0) is 0 Å². The summed E-state index contributed by atoms with van der Waals surface area (Å²) in [6.45, 7) is 0.772. The number of nitrogens with two attached hydrogens (primary N) is 1. The van der Waals surface area contributed by atoms with Gasteiger partial charge in [0.05, 0.1) is 7.11 Å². The van der Waals surface area contributed by atoms with E-state index in [0.29, 0.717) is 5.69 Å². The van der Waals surface area contributed by atoms with E-state index in [-0.39, 0.29) is 5.82 Å². The molecule has 0 bridgehead atoms. The molecule has 0 saturated heterocycles. The quantitative estimate of drug-likeness (QED) is 0.661. The highest BCUT2D eigenvalue weighted by atomic mass is 32.2. The molecule has 1 aromatic rings. The number of nitrogen functional groups attached to an aromatic ring is 1. The van der Waals surface area contributed by atoms with Crippen LogP contribution in [0.3, 0.4) is 0 Å². The molecule has 1 aliphatic heterocycles. The first-order valence-corrected chi connectivity index (χ1v) is 4.79. The number of anilines is 1. The van der Waals surface area contributed by atoms with E-state index >= 15 is 0 Å². The lowest BCUT2D eigenvalue weighted by Gasteiger charge is -2.01. The molecule has 0 unspecified atom stereocenters. The lowest BCUT2D eigenvalue weighted by atomic mass is 10.4. The molecule has 2 rings (SSSR count). The van der Waals surface area contributed by atoms with E-state index in [4.69, 9.17) is 5.73 Å². The highest BCUT2D eigenvalue weighted by Crippen LogP contribution is 2.29. The van der Waals surface area contributed by atoms with Gasteiger partial charge in [-0.3, -0.25) is 0 Å². The summed E-state index contributed by atoms with van der Waals surface area (Å²) >= 11 is 1.59. The Labute approximate surface area is 79.3 Å². The zero-order valence-electron chi connectivity index (χ0n) is 7.11. The minimum absolute atomic E-state index is 0.258. The summed E-state index contributed by atoms with van der Waals surface area (Å²) in [4.78, 5) is 15.3. The Morgan fingerprint density at radius 2 is 2.54 bits per heavy atom. The second-order valence-corrected chi connectivity index (χ2v) is 3.68. The largest absolute Gasteiger partial charge is 0.464 e. The Bertz CT molecular complexity index is 361. The van der Waals surface area contributed by atoms with Gasteiger partial charge in [0.15, 0.2) is 16.7 Å². The van der Waals surface area contributed by atoms with Crippen molar-refractivity contribution in [2.24, 2.45) is 0 Å². The maximum Gasteiger partial charge on any atom is 0.358 e. The molecule has 13 heavy (non-hydrogen) atoms. The number of ether oxygens (including phenoxy) is 1. The minimum atomic E-state index is -0.418. The predicted octanol–water partition coefficient (Wildman–Crippen LogP) is 0.358. The van der Waals surface area contributed by atoms with Crippen molar-refractivity contribution in [3.05, 3.63) is 5.69 Å². The molecule has 5 nitrogen and oxygen atoms in total. The molecule has 1 aromatic heterocycles. The van der Waals surface area contributed by atoms with Crippen molar-refractivity contribution < 1.29 is 9.53 Å². The maximum atomic E-state index is 11.3. The van der Waals surface area contributed by atoms with Gasteiger partial charge in [-0.2, -0.15) is 0 Å². The summed E-state index contributed by atoms with van der Waals surface area (Å²) in [7, 11) is 1.34. The summed E-state index contributed by atoms with van der Waals surface area (Å²) in [6.07, 6.45) is 0. The number of thioether (sulfide) groups is 1. The molecule has 0 aliphatic carbocycles. The molecule has 2 N–H and O–H groups in total. The van der Waals surface area contributed by atoms with Crippen LogP contribution in [0.2, 0.25) is 0 Å². The zero-order chi connectivity index (χ0) is 9.42. The van der Waals surface area contributed by atoms with Crippen LogP contribution in [0.4, 0.5) is 5.82 Å². The number of rotatable bonds is 1. The number of methoxy groups -OCH3 is 1. The van der Waals surface area contributed by atoms with E-state index in [2.05, 4.69) is 9.72 Å². The monoisotopic (exact) mass is 199 g/mol. The van der Waals surface area contributed by atoms with Crippen LogP contribution < -0.4 is 5.73 Å². The first-order valence-electron chi connectivity index (χ1n) is 3.81. The number of esters is 1. The number of carbonyl (C=O) groups excluding carboxylic acids is 1. The van der Waals surface area contributed by atoms with Crippen molar-refractivity contribution >= 4 is 23.5 Å². The Morgan fingerprint density at radius 3 is 3.23 bits per heavy atom. The van der Waals surface area contributed by atoms with Gasteiger partial charge in [-0.1, -0.05) is 11.8 Å². The lowest BCUT2D eigenvalue weighted by Crippen LogP contribution is -2.11. The molecule has 0 fully saturated rings. The summed E-state index contributed by atoms with van der Waals surface area (Å²) < 4.78 is 6.41. The first kappa shape index (κ1) is 8.43. The molecular weight excluding hydrogens is 190 g/mol. The number of nitrogens with zero attached hydrogens (tertiary/aromatic N) is 2. The number of carbonyl (C=O) groups is 1. The zero-order valence-corrected chi connectivity index (χ0v) is 7.93. The summed E-state index contributed by atoms with van der Waals surface area (Å²) in [5, 5.41) is 0.804. The van der Waals surface area contributed by atoms with Gasteiger partial charge in [-0.25, -0.2) is 9.78 Å². The fraction of sp³-hybridized carbons (Fsp3) is 0.429. The van der Waals surface area contributed by atoms with Gasteiger partial charge in [-0.15, -0.1) is 0 Å². The van der Waals surface area contributed by atoms with Crippen LogP contribution in [0.25, 0.3) is 0 Å². The van der Waals surface area contributed by atoms with Crippen LogP contribution >= 0.6 is 11.8 Å². The first-order chi connectivity index (χ1) is 6.24. The van der Waals surface area contributed by atoms with Crippen molar-refractivity contribution in [1.82, 2.24) is 9.55 Å². The summed E-state index contributed by atoms with van der Waals surface area (Å²) in [5.41, 5.74) is 5.96. The van der Waals surface area contributed by atoms with Gasteiger partial charge in [0.1, 0.15) is 0 Å². The third-order valence-corrected chi connectivity index (χ3v) is 2.84. The molecule has 0 saturated carbocycles. The van der Waals surface area contributed by atoms with E-state index in [9.17, 15) is 4.79 Å². The fourth-order valence-electron chi connectivity index (χ4n) is 1.31. The van der Waals surface area contributed by atoms with Gasteiger partial charge >= 0.3 is 5.97 Å². The van der Waals surface area contributed by atoms with E-state index < -0.39 is 5.97 Å². The number of aromatic nitrogens is 2. The second-order valence-electron chi connectivity index (χ2n) is 2.62. The molecule has 0 atom stereocenters.